The predicted octanol–water partition coefficient (Wildman–Crippen LogP) is 3.28. The molecule has 0 aliphatic carbocycles. The van der Waals surface area contributed by atoms with Gasteiger partial charge in [0.1, 0.15) is 0 Å². The Morgan fingerprint density at radius 2 is 2.28 bits per heavy atom. The molecule has 1 aromatic heterocycles. The van der Waals surface area contributed by atoms with Crippen molar-refractivity contribution in [3.63, 3.8) is 0 Å². The molecule has 3 nitrogen and oxygen atoms in total. The van der Waals surface area contributed by atoms with E-state index in [2.05, 4.69) is 28.2 Å². The maximum Gasteiger partial charge on any atom is 0.0564 e. The van der Waals surface area contributed by atoms with E-state index in [1.807, 2.05) is 19.3 Å². The molecular formula is C15H25N3. The number of likely N-dealkylation sites (tertiary alicyclic amines) is 1. The lowest BCUT2D eigenvalue weighted by atomic mass is 10.1. The Morgan fingerprint density at radius 3 is 3.06 bits per heavy atom. The largest absolute Gasteiger partial charge is 0.388 e. The minimum Gasteiger partial charge on any atom is -0.388 e. The highest BCUT2D eigenvalue weighted by atomic mass is 15.2. The van der Waals surface area contributed by atoms with Crippen LogP contribution in [0.3, 0.4) is 0 Å². The normalized spacial score (nSPS) is 21.6. The van der Waals surface area contributed by atoms with Crippen LogP contribution in [-0.2, 0) is 6.54 Å². The van der Waals surface area contributed by atoms with Gasteiger partial charge in [0.05, 0.1) is 5.69 Å². The van der Waals surface area contributed by atoms with E-state index >= 15 is 0 Å². The second-order valence-corrected chi connectivity index (χ2v) is 5.17. The molecule has 1 saturated heterocycles. The summed E-state index contributed by atoms with van der Waals surface area (Å²) < 4.78 is 0. The smallest absolute Gasteiger partial charge is 0.0564 e. The van der Waals surface area contributed by atoms with Gasteiger partial charge in [-0.3, -0.25) is 9.88 Å². The zero-order chi connectivity index (χ0) is 12.8. The number of anilines is 1. The van der Waals surface area contributed by atoms with Gasteiger partial charge >= 0.3 is 0 Å². The number of nitrogens with one attached hydrogen (secondary N) is 1. The van der Waals surface area contributed by atoms with E-state index < -0.39 is 0 Å². The fourth-order valence-electron chi connectivity index (χ4n) is 2.84. The van der Waals surface area contributed by atoms with Crippen LogP contribution >= 0.6 is 0 Å². The van der Waals surface area contributed by atoms with Gasteiger partial charge in [-0.05, 0) is 37.9 Å². The Kier molecular flexibility index (Phi) is 5.00. The fraction of sp³-hybridized carbons (Fsp3) is 0.667. The van der Waals surface area contributed by atoms with Gasteiger partial charge in [-0.1, -0.05) is 19.8 Å². The molecule has 1 unspecified atom stereocenters. The van der Waals surface area contributed by atoms with Crippen molar-refractivity contribution < 1.29 is 0 Å². The molecule has 3 heteroatoms. The molecule has 1 N–H and O–H groups in total. The predicted molar refractivity (Wildman–Crippen MR) is 76.7 cm³/mol. The topological polar surface area (TPSA) is 28.2 Å². The monoisotopic (exact) mass is 247 g/mol. The highest BCUT2D eigenvalue weighted by molar-refractivity contribution is 5.42. The van der Waals surface area contributed by atoms with E-state index in [9.17, 15) is 0 Å². The van der Waals surface area contributed by atoms with Crippen LogP contribution in [0.1, 0.15) is 44.7 Å². The molecular weight excluding hydrogens is 222 g/mol. The Labute approximate surface area is 111 Å². The lowest BCUT2D eigenvalue weighted by Gasteiger charge is -2.28. The van der Waals surface area contributed by atoms with Gasteiger partial charge in [0, 0.05) is 31.5 Å². The van der Waals surface area contributed by atoms with E-state index in [-0.39, 0.29) is 0 Å². The summed E-state index contributed by atoms with van der Waals surface area (Å²) in [4.78, 5) is 7.12. The number of pyridine rings is 1. The van der Waals surface area contributed by atoms with Crippen molar-refractivity contribution in [1.82, 2.24) is 9.88 Å². The first-order chi connectivity index (χ1) is 8.83. The highest BCUT2D eigenvalue weighted by Gasteiger charge is 2.19. The van der Waals surface area contributed by atoms with Crippen molar-refractivity contribution in [3.8, 4) is 0 Å². The molecule has 0 saturated carbocycles. The Bertz CT molecular complexity index is 365. The molecule has 1 aliphatic heterocycles. The van der Waals surface area contributed by atoms with Crippen LogP contribution in [-0.4, -0.2) is 29.5 Å². The quantitative estimate of drug-likeness (QED) is 0.885. The number of aromatic nitrogens is 1. The summed E-state index contributed by atoms with van der Waals surface area (Å²) in [5, 5.41) is 3.18. The zero-order valence-corrected chi connectivity index (χ0v) is 11.7. The summed E-state index contributed by atoms with van der Waals surface area (Å²) in [6.45, 7) is 4.53. The molecule has 2 rings (SSSR count). The van der Waals surface area contributed by atoms with Gasteiger partial charge in [-0.25, -0.2) is 0 Å². The number of hydrogen-bond acceptors (Lipinski definition) is 3. The van der Waals surface area contributed by atoms with Gasteiger partial charge in [-0.15, -0.1) is 0 Å². The fourth-order valence-corrected chi connectivity index (χ4v) is 2.84. The summed E-state index contributed by atoms with van der Waals surface area (Å²) >= 11 is 0. The van der Waals surface area contributed by atoms with Crippen LogP contribution in [0.5, 0.6) is 0 Å². The summed E-state index contributed by atoms with van der Waals surface area (Å²) in [5.74, 6) is 0. The van der Waals surface area contributed by atoms with Crippen molar-refractivity contribution in [2.24, 2.45) is 0 Å². The van der Waals surface area contributed by atoms with Crippen molar-refractivity contribution in [1.29, 1.82) is 0 Å². The van der Waals surface area contributed by atoms with E-state index in [4.69, 9.17) is 0 Å². The lowest BCUT2D eigenvalue weighted by molar-refractivity contribution is 0.184. The molecule has 1 fully saturated rings. The number of rotatable bonds is 4. The van der Waals surface area contributed by atoms with Gasteiger partial charge in [0.15, 0.2) is 0 Å². The summed E-state index contributed by atoms with van der Waals surface area (Å²) in [6, 6.07) is 4.92. The van der Waals surface area contributed by atoms with Crippen LogP contribution in [0, 0.1) is 0 Å². The van der Waals surface area contributed by atoms with Crippen LogP contribution < -0.4 is 5.32 Å². The van der Waals surface area contributed by atoms with Gasteiger partial charge in [0.25, 0.3) is 0 Å². The van der Waals surface area contributed by atoms with Crippen molar-refractivity contribution in [2.75, 3.05) is 18.9 Å². The SMILES string of the molecule is CCC1CCCCCN1Cc1cc(NC)ccn1. The standard InChI is InChI=1S/C15H25N3/c1-3-15-7-5-4-6-10-18(15)12-14-11-13(16-2)8-9-17-14/h8-9,11,15H,3-7,10,12H2,1-2H3,(H,16,17). The molecule has 2 heterocycles. The first-order valence-corrected chi connectivity index (χ1v) is 7.20. The molecule has 1 aliphatic rings. The third-order valence-electron chi connectivity index (χ3n) is 3.94. The highest BCUT2D eigenvalue weighted by Crippen LogP contribution is 2.21. The Balaban J connectivity index is 2.05. The molecule has 1 aromatic rings. The second-order valence-electron chi connectivity index (χ2n) is 5.17. The maximum atomic E-state index is 4.50. The summed E-state index contributed by atoms with van der Waals surface area (Å²) in [5.41, 5.74) is 2.34. The van der Waals surface area contributed by atoms with Gasteiger partial charge < -0.3 is 5.32 Å². The Morgan fingerprint density at radius 1 is 1.39 bits per heavy atom. The van der Waals surface area contributed by atoms with Gasteiger partial charge in [-0.2, -0.15) is 0 Å². The minimum absolute atomic E-state index is 0.743. The van der Waals surface area contributed by atoms with Crippen molar-refractivity contribution in [2.45, 2.75) is 51.6 Å². The maximum absolute atomic E-state index is 4.50. The van der Waals surface area contributed by atoms with E-state index in [1.165, 1.54) is 44.3 Å². The first kappa shape index (κ1) is 13.3. The molecule has 1 atom stereocenters. The molecule has 0 spiro atoms. The average Bonchev–Trinajstić information content (AvgIpc) is 2.64. The van der Waals surface area contributed by atoms with E-state index in [0.717, 1.165) is 18.3 Å². The van der Waals surface area contributed by atoms with Crippen LogP contribution in [0.2, 0.25) is 0 Å². The van der Waals surface area contributed by atoms with Crippen molar-refractivity contribution >= 4 is 5.69 Å². The summed E-state index contributed by atoms with van der Waals surface area (Å²) in [7, 11) is 1.96. The summed E-state index contributed by atoms with van der Waals surface area (Å²) in [6.07, 6.45) is 8.62. The second kappa shape index (κ2) is 6.74. The zero-order valence-electron chi connectivity index (χ0n) is 11.7. The minimum atomic E-state index is 0.743. The van der Waals surface area contributed by atoms with Crippen molar-refractivity contribution in [3.05, 3.63) is 24.0 Å². The van der Waals surface area contributed by atoms with Gasteiger partial charge in [0.2, 0.25) is 0 Å². The van der Waals surface area contributed by atoms with Crippen LogP contribution in [0.4, 0.5) is 5.69 Å². The number of hydrogen-bond donors (Lipinski definition) is 1. The molecule has 0 amide bonds. The van der Waals surface area contributed by atoms with E-state index in [1.54, 1.807) is 0 Å². The molecule has 100 valence electrons. The molecule has 0 aromatic carbocycles. The lowest BCUT2D eigenvalue weighted by Crippen LogP contribution is -2.34. The van der Waals surface area contributed by atoms with Crippen LogP contribution in [0.25, 0.3) is 0 Å². The van der Waals surface area contributed by atoms with Crippen LogP contribution in [0.15, 0.2) is 18.3 Å². The van der Waals surface area contributed by atoms with E-state index in [0.29, 0.717) is 0 Å². The first-order valence-electron chi connectivity index (χ1n) is 7.20. The molecule has 18 heavy (non-hydrogen) atoms. The Hall–Kier alpha value is -1.09. The third kappa shape index (κ3) is 3.45. The molecule has 0 bridgehead atoms. The third-order valence-corrected chi connectivity index (χ3v) is 3.94. The molecule has 0 radical (unpaired) electrons. The average molecular weight is 247 g/mol. The number of nitrogens with zero attached hydrogens (tertiary/aromatic N) is 2.